The number of pyridine rings is 1. The third kappa shape index (κ3) is 4.78. The van der Waals surface area contributed by atoms with Crippen LogP contribution in [0.1, 0.15) is 27.9 Å². The van der Waals surface area contributed by atoms with Gasteiger partial charge in [-0.05, 0) is 48.2 Å². The van der Waals surface area contributed by atoms with Crippen molar-refractivity contribution in [1.29, 1.82) is 0 Å². The number of fused-ring (bicyclic) bond motifs is 1. The van der Waals surface area contributed by atoms with Crippen LogP contribution in [0.15, 0.2) is 53.5 Å². The molecule has 29 heavy (non-hydrogen) atoms. The molecule has 0 atom stereocenters. The molecule has 6 nitrogen and oxygen atoms in total. The Hall–Kier alpha value is -2.83. The molecule has 1 heterocycles. The Bertz CT molecular complexity index is 1080. The highest BCUT2D eigenvalue weighted by Gasteiger charge is 2.16. The zero-order chi connectivity index (χ0) is 21.0. The number of aliphatic hydroxyl groups is 1. The van der Waals surface area contributed by atoms with E-state index in [0.717, 1.165) is 16.6 Å². The number of hydrogen-bond donors (Lipinski definition) is 2. The summed E-state index contributed by atoms with van der Waals surface area (Å²) in [4.78, 5) is 25.8. The number of aryl methyl sites for hydroxylation is 1. The van der Waals surface area contributed by atoms with Crippen molar-refractivity contribution in [3.8, 4) is 0 Å². The lowest BCUT2D eigenvalue weighted by molar-refractivity contribution is 0.0949. The number of halogens is 1. The van der Waals surface area contributed by atoms with Gasteiger partial charge in [0.15, 0.2) is 0 Å². The van der Waals surface area contributed by atoms with Crippen LogP contribution in [0.2, 0.25) is 5.02 Å². The lowest BCUT2D eigenvalue weighted by atomic mass is 10.0. The molecule has 152 valence electrons. The maximum absolute atomic E-state index is 13.1. The van der Waals surface area contributed by atoms with Gasteiger partial charge >= 0.3 is 0 Å². The second-order valence-electron chi connectivity index (χ2n) is 7.05. The summed E-state index contributed by atoms with van der Waals surface area (Å²) in [6.45, 7) is 0.388. The lowest BCUT2D eigenvalue weighted by Gasteiger charge is -2.21. The van der Waals surface area contributed by atoms with Gasteiger partial charge in [-0.1, -0.05) is 29.8 Å². The number of benzene rings is 2. The van der Waals surface area contributed by atoms with E-state index >= 15 is 0 Å². The van der Waals surface area contributed by atoms with E-state index in [2.05, 4.69) is 5.32 Å². The van der Waals surface area contributed by atoms with Crippen molar-refractivity contribution < 1.29 is 9.90 Å². The molecule has 0 aliphatic heterocycles. The second-order valence-corrected chi connectivity index (χ2v) is 7.49. The average molecular weight is 414 g/mol. The Kier molecular flexibility index (Phi) is 6.56. The number of hydrogen-bond acceptors (Lipinski definition) is 4. The summed E-state index contributed by atoms with van der Waals surface area (Å²) in [5.74, 6) is -0.428. The molecule has 0 aliphatic rings. The molecule has 1 aromatic heterocycles. The molecule has 0 unspecified atom stereocenters. The summed E-state index contributed by atoms with van der Waals surface area (Å²) in [6.07, 6.45) is 2.85. The molecule has 1 amide bonds. The van der Waals surface area contributed by atoms with Crippen molar-refractivity contribution in [3.05, 3.63) is 80.6 Å². The molecule has 0 radical (unpaired) electrons. The highest BCUT2D eigenvalue weighted by Crippen LogP contribution is 2.16. The fourth-order valence-corrected chi connectivity index (χ4v) is 3.30. The Morgan fingerprint density at radius 2 is 1.83 bits per heavy atom. The summed E-state index contributed by atoms with van der Waals surface area (Å²) in [5.41, 5.74) is 2.34. The number of aromatic nitrogens is 1. The minimum Gasteiger partial charge on any atom is -0.396 e. The van der Waals surface area contributed by atoms with Gasteiger partial charge < -0.3 is 15.4 Å². The van der Waals surface area contributed by atoms with Gasteiger partial charge in [0.2, 0.25) is 5.43 Å². The number of carbonyl (C=O) groups excluding carboxylic acids is 1. The van der Waals surface area contributed by atoms with E-state index in [4.69, 9.17) is 16.7 Å². The Balaban J connectivity index is 1.97. The van der Waals surface area contributed by atoms with Crippen LogP contribution >= 0.6 is 11.6 Å². The maximum Gasteiger partial charge on any atom is 0.257 e. The van der Waals surface area contributed by atoms with Gasteiger partial charge in [0.05, 0.1) is 5.52 Å². The van der Waals surface area contributed by atoms with Crippen LogP contribution in [0.4, 0.5) is 0 Å². The highest BCUT2D eigenvalue weighted by molar-refractivity contribution is 6.30. The van der Waals surface area contributed by atoms with Crippen molar-refractivity contribution in [2.24, 2.45) is 0 Å². The predicted molar refractivity (Wildman–Crippen MR) is 116 cm³/mol. The molecule has 0 saturated carbocycles. The van der Waals surface area contributed by atoms with Crippen LogP contribution in [0, 0.1) is 0 Å². The molecule has 0 aliphatic carbocycles. The zero-order valence-corrected chi connectivity index (χ0v) is 17.2. The Morgan fingerprint density at radius 1 is 1.14 bits per heavy atom. The van der Waals surface area contributed by atoms with E-state index in [1.807, 2.05) is 49.4 Å². The van der Waals surface area contributed by atoms with Crippen molar-refractivity contribution in [1.82, 2.24) is 9.99 Å². The molecule has 0 spiro atoms. The van der Waals surface area contributed by atoms with E-state index in [9.17, 15) is 9.59 Å². The van der Waals surface area contributed by atoms with Gasteiger partial charge in [-0.15, -0.1) is 0 Å². The SMILES string of the molecule is CN(C)n1cc(C(=O)NCc2ccc(Cl)cc2)c(=O)c2cc(CCCO)ccc21. The number of nitrogens with zero attached hydrogens (tertiary/aromatic N) is 2. The molecule has 3 aromatic rings. The van der Waals surface area contributed by atoms with Crippen molar-refractivity contribution in [2.45, 2.75) is 19.4 Å². The van der Waals surface area contributed by atoms with Crippen LogP contribution in [0.3, 0.4) is 0 Å². The number of carbonyl (C=O) groups is 1. The average Bonchev–Trinajstić information content (AvgIpc) is 2.71. The summed E-state index contributed by atoms with van der Waals surface area (Å²) in [5, 5.41) is 14.8. The summed E-state index contributed by atoms with van der Waals surface area (Å²) < 4.78 is 1.78. The first-order valence-electron chi connectivity index (χ1n) is 9.40. The smallest absolute Gasteiger partial charge is 0.257 e. The Morgan fingerprint density at radius 3 is 2.48 bits per heavy atom. The van der Waals surface area contributed by atoms with E-state index in [-0.39, 0.29) is 17.6 Å². The van der Waals surface area contributed by atoms with Crippen molar-refractivity contribution in [3.63, 3.8) is 0 Å². The lowest BCUT2D eigenvalue weighted by Crippen LogP contribution is -2.33. The van der Waals surface area contributed by atoms with Crippen molar-refractivity contribution >= 4 is 28.4 Å². The van der Waals surface area contributed by atoms with Crippen LogP contribution in [-0.2, 0) is 13.0 Å². The summed E-state index contributed by atoms with van der Waals surface area (Å²) in [7, 11) is 3.69. The third-order valence-electron chi connectivity index (χ3n) is 4.71. The van der Waals surface area contributed by atoms with Gasteiger partial charge in [0.1, 0.15) is 5.56 Å². The second kappa shape index (κ2) is 9.11. The first-order chi connectivity index (χ1) is 13.9. The summed E-state index contributed by atoms with van der Waals surface area (Å²) in [6, 6.07) is 12.8. The first-order valence-corrected chi connectivity index (χ1v) is 9.78. The van der Waals surface area contributed by atoms with Gasteiger partial charge in [0.25, 0.3) is 5.91 Å². The van der Waals surface area contributed by atoms with Crippen LogP contribution in [0.25, 0.3) is 10.9 Å². The molecule has 7 heteroatoms. The standard InChI is InChI=1S/C22H24ClN3O3/c1-25(2)26-14-19(22(29)24-13-16-5-8-17(23)9-6-16)21(28)18-12-15(4-3-11-27)7-10-20(18)26/h5-10,12,14,27H,3-4,11,13H2,1-2H3,(H,24,29). The molecule has 0 bridgehead atoms. The van der Waals surface area contributed by atoms with Gasteiger partial charge in [0, 0.05) is 43.9 Å². The third-order valence-corrected chi connectivity index (χ3v) is 4.97. The van der Waals surface area contributed by atoms with Gasteiger partial charge in [-0.2, -0.15) is 0 Å². The molecule has 2 N–H and O–H groups in total. The van der Waals surface area contributed by atoms with Crippen molar-refractivity contribution in [2.75, 3.05) is 25.7 Å². The maximum atomic E-state index is 13.1. The molecule has 0 fully saturated rings. The molecular weight excluding hydrogens is 390 g/mol. The number of aliphatic hydroxyl groups excluding tert-OH is 1. The monoisotopic (exact) mass is 413 g/mol. The normalized spacial score (nSPS) is 10.9. The number of nitrogens with one attached hydrogen (secondary N) is 1. The quantitative estimate of drug-likeness (QED) is 0.624. The minimum absolute atomic E-state index is 0.0828. The van der Waals surface area contributed by atoms with Crippen LogP contribution < -0.4 is 15.8 Å². The molecular formula is C22H24ClN3O3. The molecule has 3 rings (SSSR count). The number of rotatable bonds is 7. The molecule has 2 aromatic carbocycles. The molecule has 0 saturated heterocycles. The minimum atomic E-state index is -0.428. The number of amides is 1. The highest BCUT2D eigenvalue weighted by atomic mass is 35.5. The fourth-order valence-electron chi connectivity index (χ4n) is 3.17. The zero-order valence-electron chi connectivity index (χ0n) is 16.5. The van der Waals surface area contributed by atoms with E-state index in [1.54, 1.807) is 23.0 Å². The van der Waals surface area contributed by atoms with E-state index < -0.39 is 5.91 Å². The van der Waals surface area contributed by atoms with Crippen LogP contribution in [0.5, 0.6) is 0 Å². The fraction of sp³-hybridized carbons (Fsp3) is 0.273. The largest absolute Gasteiger partial charge is 0.396 e. The Labute approximate surface area is 174 Å². The summed E-state index contributed by atoms with van der Waals surface area (Å²) >= 11 is 5.89. The topological polar surface area (TPSA) is 74.6 Å². The van der Waals surface area contributed by atoms with Crippen LogP contribution in [-0.4, -0.2) is 36.4 Å². The van der Waals surface area contributed by atoms with Gasteiger partial charge in [-0.3, -0.25) is 14.3 Å². The van der Waals surface area contributed by atoms with E-state index in [0.29, 0.717) is 29.8 Å². The van der Waals surface area contributed by atoms with E-state index in [1.165, 1.54) is 0 Å². The predicted octanol–water partition coefficient (Wildman–Crippen LogP) is 2.71. The van der Waals surface area contributed by atoms with Gasteiger partial charge in [-0.25, -0.2) is 0 Å². The first kappa shape index (κ1) is 20.9.